The van der Waals surface area contributed by atoms with Gasteiger partial charge in [0.2, 0.25) is 0 Å². The first-order valence-electron chi connectivity index (χ1n) is 13.5. The molecule has 3 aromatic rings. The van der Waals surface area contributed by atoms with Crippen LogP contribution in [0.2, 0.25) is 5.02 Å². The van der Waals surface area contributed by atoms with Crippen molar-refractivity contribution in [1.82, 2.24) is 20.2 Å². The Balaban J connectivity index is 1.35. The number of nitrogens with zero attached hydrogens (tertiary/aromatic N) is 4. The van der Waals surface area contributed by atoms with Crippen LogP contribution in [0.1, 0.15) is 38.5 Å². The van der Waals surface area contributed by atoms with E-state index in [1.807, 2.05) is 0 Å². The number of hydrogen-bond donors (Lipinski definition) is 2. The first kappa shape index (κ1) is 24.3. The molecule has 200 valence electrons. The van der Waals surface area contributed by atoms with Crippen molar-refractivity contribution in [2.24, 2.45) is 0 Å². The average Bonchev–Trinajstić information content (AvgIpc) is 3.59. The van der Waals surface area contributed by atoms with E-state index >= 15 is 4.39 Å². The minimum Gasteiger partial charge on any atom is -0.461 e. The molecule has 7 nitrogen and oxygen atoms in total. The second-order valence-corrected chi connectivity index (χ2v) is 11.6. The number of nitrogens with two attached hydrogens (primary N) is 1. The summed E-state index contributed by atoms with van der Waals surface area (Å²) in [4.78, 5) is 14.1. The molecule has 0 saturated carbocycles. The third-order valence-electron chi connectivity index (χ3n) is 8.94. The smallest absolute Gasteiger partial charge is 0.319 e. The van der Waals surface area contributed by atoms with E-state index in [2.05, 4.69) is 20.1 Å². The maximum Gasteiger partial charge on any atom is 0.319 e. The van der Waals surface area contributed by atoms with Gasteiger partial charge >= 0.3 is 6.01 Å². The van der Waals surface area contributed by atoms with E-state index in [0.29, 0.717) is 29.9 Å². The van der Waals surface area contributed by atoms with Gasteiger partial charge in [-0.2, -0.15) is 9.97 Å². The number of anilines is 2. The predicted molar refractivity (Wildman–Crippen MR) is 145 cm³/mol. The summed E-state index contributed by atoms with van der Waals surface area (Å²) in [6, 6.07) is 7.00. The van der Waals surface area contributed by atoms with Gasteiger partial charge in [-0.05, 0) is 63.7 Å². The molecule has 0 amide bonds. The van der Waals surface area contributed by atoms with Gasteiger partial charge in [0.25, 0.3) is 0 Å². The topological polar surface area (TPSA) is 79.5 Å². The highest BCUT2D eigenvalue weighted by Crippen LogP contribution is 2.42. The van der Waals surface area contributed by atoms with Crippen LogP contribution >= 0.6 is 11.6 Å². The molecule has 2 bridgehead atoms. The largest absolute Gasteiger partial charge is 0.461 e. The fourth-order valence-corrected chi connectivity index (χ4v) is 7.38. The van der Waals surface area contributed by atoms with E-state index in [-0.39, 0.29) is 38.9 Å². The Bertz CT molecular complexity index is 1400. The molecule has 0 spiro atoms. The zero-order valence-corrected chi connectivity index (χ0v) is 21.9. The number of hydrogen-bond acceptors (Lipinski definition) is 7. The van der Waals surface area contributed by atoms with E-state index in [9.17, 15) is 4.39 Å². The summed E-state index contributed by atoms with van der Waals surface area (Å²) in [6.07, 6.45) is 6.66. The van der Waals surface area contributed by atoms with Crippen molar-refractivity contribution in [2.45, 2.75) is 56.1 Å². The van der Waals surface area contributed by atoms with E-state index in [0.717, 1.165) is 64.7 Å². The molecule has 4 aliphatic heterocycles. The fraction of sp³-hybridized carbons (Fsp3) is 0.500. The molecule has 2 atom stereocenters. The van der Waals surface area contributed by atoms with Gasteiger partial charge in [-0.15, -0.1) is 0 Å². The normalized spacial score (nSPS) is 24.3. The predicted octanol–water partition coefficient (Wildman–Crippen LogP) is 4.76. The highest BCUT2D eigenvalue weighted by Gasteiger charge is 2.45. The van der Waals surface area contributed by atoms with Crippen molar-refractivity contribution >= 4 is 34.0 Å². The molecule has 4 aliphatic rings. The van der Waals surface area contributed by atoms with Crippen LogP contribution in [0, 0.1) is 11.6 Å². The summed E-state index contributed by atoms with van der Waals surface area (Å²) in [7, 11) is 0. The highest BCUT2D eigenvalue weighted by molar-refractivity contribution is 6.34. The third kappa shape index (κ3) is 3.89. The number of nitrogen functional groups attached to an aromatic ring is 1. The van der Waals surface area contributed by atoms with Gasteiger partial charge in [-0.1, -0.05) is 23.7 Å². The molecule has 3 N–H and O–H groups in total. The molecule has 4 saturated heterocycles. The van der Waals surface area contributed by atoms with Crippen LogP contribution in [-0.4, -0.2) is 65.3 Å². The van der Waals surface area contributed by atoms with Crippen LogP contribution in [0.5, 0.6) is 6.01 Å². The number of rotatable bonds is 5. The molecule has 7 rings (SSSR count). The molecule has 4 fully saturated rings. The van der Waals surface area contributed by atoms with Crippen LogP contribution in [0.3, 0.4) is 0 Å². The summed E-state index contributed by atoms with van der Waals surface area (Å²) in [5.41, 5.74) is 5.74. The maximum absolute atomic E-state index is 16.3. The number of benzene rings is 2. The minimum atomic E-state index is -0.709. The van der Waals surface area contributed by atoms with Gasteiger partial charge in [0, 0.05) is 41.7 Å². The summed E-state index contributed by atoms with van der Waals surface area (Å²) in [5, 5.41) is 4.21. The van der Waals surface area contributed by atoms with Crippen LogP contribution in [0.4, 0.5) is 20.3 Å². The first-order valence-corrected chi connectivity index (χ1v) is 13.9. The van der Waals surface area contributed by atoms with Crippen LogP contribution < -0.4 is 20.7 Å². The number of halogens is 3. The Morgan fingerprint density at radius 1 is 1.08 bits per heavy atom. The molecule has 38 heavy (non-hydrogen) atoms. The highest BCUT2D eigenvalue weighted by atomic mass is 35.5. The lowest BCUT2D eigenvalue weighted by Crippen LogP contribution is -2.51. The number of piperazine rings is 1. The average molecular weight is 541 g/mol. The molecule has 5 heterocycles. The van der Waals surface area contributed by atoms with Crippen LogP contribution in [-0.2, 0) is 0 Å². The monoisotopic (exact) mass is 540 g/mol. The Labute approximate surface area is 225 Å². The summed E-state index contributed by atoms with van der Waals surface area (Å²) in [5.74, 6) is -0.806. The van der Waals surface area contributed by atoms with Gasteiger partial charge < -0.3 is 20.7 Å². The standard InChI is InChI=1S/C28H31ClF2N6O/c29-20-12-19-25(24(31)22(20)18-4-1-5-21(32)23(18)30)34-27(38-15-28-8-2-10-37(28)11-3-9-28)35-26(19)36-13-16-6-7-17(14-36)33-16/h1,4-5,12,16-17,33H,2-3,6-11,13-15,32H2. The number of ether oxygens (including phenoxy) is 1. The van der Waals surface area contributed by atoms with E-state index in [4.69, 9.17) is 27.1 Å². The Kier molecular flexibility index (Phi) is 5.87. The Morgan fingerprint density at radius 3 is 2.55 bits per heavy atom. The molecular weight excluding hydrogens is 510 g/mol. The molecular formula is C28H31ClF2N6O. The van der Waals surface area contributed by atoms with Gasteiger partial charge in [-0.3, -0.25) is 4.90 Å². The van der Waals surface area contributed by atoms with Crippen molar-refractivity contribution in [3.8, 4) is 17.1 Å². The molecule has 1 aromatic heterocycles. The molecule has 0 aliphatic carbocycles. The zero-order valence-electron chi connectivity index (χ0n) is 21.2. The van der Waals surface area contributed by atoms with E-state index in [1.54, 1.807) is 12.1 Å². The third-order valence-corrected chi connectivity index (χ3v) is 9.24. The lowest BCUT2D eigenvalue weighted by molar-refractivity contribution is 0.108. The zero-order chi connectivity index (χ0) is 26.0. The van der Waals surface area contributed by atoms with Crippen LogP contribution in [0.15, 0.2) is 24.3 Å². The number of nitrogens with one attached hydrogen (secondary N) is 1. The lowest BCUT2D eigenvalue weighted by Gasteiger charge is -2.35. The summed E-state index contributed by atoms with van der Waals surface area (Å²) in [6.45, 7) is 4.14. The van der Waals surface area contributed by atoms with E-state index < -0.39 is 11.6 Å². The minimum absolute atomic E-state index is 0.00102. The first-order chi connectivity index (χ1) is 18.4. The van der Waals surface area contributed by atoms with Gasteiger partial charge in [-0.25, -0.2) is 8.78 Å². The van der Waals surface area contributed by atoms with E-state index in [1.165, 1.54) is 12.1 Å². The van der Waals surface area contributed by atoms with Crippen molar-refractivity contribution in [2.75, 3.05) is 43.4 Å². The van der Waals surface area contributed by atoms with Gasteiger partial charge in [0.05, 0.1) is 16.2 Å². The van der Waals surface area contributed by atoms with Gasteiger partial charge in [0.1, 0.15) is 17.9 Å². The van der Waals surface area contributed by atoms with Crippen molar-refractivity contribution in [3.63, 3.8) is 0 Å². The molecule has 10 heteroatoms. The van der Waals surface area contributed by atoms with Crippen LogP contribution in [0.25, 0.3) is 22.0 Å². The molecule has 0 radical (unpaired) electrons. The second kappa shape index (κ2) is 9.17. The molecule has 2 aromatic carbocycles. The SMILES string of the molecule is Nc1cccc(-c2c(Cl)cc3c(N4CC5CCC(C4)N5)nc(OCC45CCCN4CCC5)nc3c2F)c1F. The fourth-order valence-electron chi connectivity index (χ4n) is 7.09. The van der Waals surface area contributed by atoms with Crippen molar-refractivity contribution in [1.29, 1.82) is 0 Å². The quantitative estimate of drug-likeness (QED) is 0.452. The lowest BCUT2D eigenvalue weighted by atomic mass is 9.95. The summed E-state index contributed by atoms with van der Waals surface area (Å²) >= 11 is 6.62. The van der Waals surface area contributed by atoms with Crippen molar-refractivity contribution < 1.29 is 13.5 Å². The Hall–Kier alpha value is -2.75. The maximum atomic E-state index is 16.3. The number of fused-ring (bicyclic) bond motifs is 4. The second-order valence-electron chi connectivity index (χ2n) is 11.2. The summed E-state index contributed by atoms with van der Waals surface area (Å²) < 4.78 is 37.6. The number of aromatic nitrogens is 2. The molecule has 2 unspecified atom stereocenters. The van der Waals surface area contributed by atoms with Gasteiger partial charge in [0.15, 0.2) is 11.6 Å². The Morgan fingerprint density at radius 2 is 1.82 bits per heavy atom. The van der Waals surface area contributed by atoms with Crippen molar-refractivity contribution in [3.05, 3.63) is 40.9 Å².